The number of benzene rings is 2. The fourth-order valence-corrected chi connectivity index (χ4v) is 3.40. The number of rotatable bonds is 3. The standard InChI is InChI=1S/C22H18N2O/c1-14-20(15(2)25)22(24-21(14)17-9-11-23-12-10-17)19-8-7-16-5-3-4-6-18(16)13-19/h3-13,24H,1-2H3. The van der Waals surface area contributed by atoms with Gasteiger partial charge in [-0.3, -0.25) is 9.78 Å². The second kappa shape index (κ2) is 6.02. The molecule has 3 nitrogen and oxygen atoms in total. The Labute approximate surface area is 146 Å². The van der Waals surface area contributed by atoms with Crippen LogP contribution in [0.4, 0.5) is 0 Å². The van der Waals surface area contributed by atoms with Crippen molar-refractivity contribution in [2.45, 2.75) is 13.8 Å². The van der Waals surface area contributed by atoms with Gasteiger partial charge in [-0.05, 0) is 53.9 Å². The molecular weight excluding hydrogens is 308 g/mol. The molecule has 4 aromatic rings. The summed E-state index contributed by atoms with van der Waals surface area (Å²) in [6.07, 6.45) is 3.53. The molecule has 0 fully saturated rings. The van der Waals surface area contributed by atoms with Gasteiger partial charge < -0.3 is 4.98 Å². The third-order valence-electron chi connectivity index (χ3n) is 4.61. The van der Waals surface area contributed by atoms with Crippen LogP contribution >= 0.6 is 0 Å². The summed E-state index contributed by atoms with van der Waals surface area (Å²) < 4.78 is 0. The van der Waals surface area contributed by atoms with E-state index in [2.05, 4.69) is 40.3 Å². The Balaban J connectivity index is 1.95. The van der Waals surface area contributed by atoms with Crippen LogP contribution < -0.4 is 0 Å². The van der Waals surface area contributed by atoms with E-state index in [4.69, 9.17) is 0 Å². The number of fused-ring (bicyclic) bond motifs is 1. The van der Waals surface area contributed by atoms with Gasteiger partial charge in [-0.2, -0.15) is 0 Å². The molecule has 2 aromatic heterocycles. The molecule has 0 saturated carbocycles. The molecule has 0 aliphatic rings. The van der Waals surface area contributed by atoms with Gasteiger partial charge in [0.25, 0.3) is 0 Å². The molecule has 3 heteroatoms. The quantitative estimate of drug-likeness (QED) is 0.512. The molecule has 4 rings (SSSR count). The number of hydrogen-bond acceptors (Lipinski definition) is 2. The van der Waals surface area contributed by atoms with Crippen LogP contribution in [0.2, 0.25) is 0 Å². The van der Waals surface area contributed by atoms with Gasteiger partial charge in [0.1, 0.15) is 0 Å². The third-order valence-corrected chi connectivity index (χ3v) is 4.61. The molecule has 1 N–H and O–H groups in total. The maximum atomic E-state index is 12.3. The monoisotopic (exact) mass is 326 g/mol. The average Bonchev–Trinajstić information content (AvgIpc) is 2.99. The highest BCUT2D eigenvalue weighted by atomic mass is 16.1. The van der Waals surface area contributed by atoms with Crippen LogP contribution in [0.25, 0.3) is 33.3 Å². The van der Waals surface area contributed by atoms with E-state index in [-0.39, 0.29) is 5.78 Å². The van der Waals surface area contributed by atoms with Crippen LogP contribution in [0.15, 0.2) is 67.0 Å². The lowest BCUT2D eigenvalue weighted by Gasteiger charge is -2.05. The second-order valence-electron chi connectivity index (χ2n) is 6.23. The molecule has 2 heterocycles. The van der Waals surface area contributed by atoms with Crippen molar-refractivity contribution < 1.29 is 4.79 Å². The lowest BCUT2D eigenvalue weighted by atomic mass is 9.98. The fourth-order valence-electron chi connectivity index (χ4n) is 3.40. The molecule has 0 radical (unpaired) electrons. The maximum absolute atomic E-state index is 12.3. The molecule has 0 saturated heterocycles. The number of nitrogens with one attached hydrogen (secondary N) is 1. The summed E-state index contributed by atoms with van der Waals surface area (Å²) in [5, 5.41) is 2.35. The van der Waals surface area contributed by atoms with Crippen molar-refractivity contribution in [3.05, 3.63) is 78.1 Å². The number of ketones is 1. The largest absolute Gasteiger partial charge is 0.354 e. The molecule has 0 aliphatic heterocycles. The van der Waals surface area contributed by atoms with Gasteiger partial charge in [0.15, 0.2) is 5.78 Å². The minimum Gasteiger partial charge on any atom is -0.354 e. The number of aromatic amines is 1. The van der Waals surface area contributed by atoms with E-state index in [1.165, 1.54) is 5.39 Å². The van der Waals surface area contributed by atoms with Crippen LogP contribution in [-0.4, -0.2) is 15.8 Å². The van der Waals surface area contributed by atoms with Crippen LogP contribution in [0.5, 0.6) is 0 Å². The van der Waals surface area contributed by atoms with Gasteiger partial charge in [0, 0.05) is 29.2 Å². The van der Waals surface area contributed by atoms with Crippen molar-refractivity contribution in [2.24, 2.45) is 0 Å². The lowest BCUT2D eigenvalue weighted by molar-refractivity contribution is 0.101. The number of carbonyl (C=O) groups excluding carboxylic acids is 1. The third kappa shape index (κ3) is 2.64. The smallest absolute Gasteiger partial charge is 0.162 e. The first kappa shape index (κ1) is 15.3. The zero-order valence-electron chi connectivity index (χ0n) is 14.2. The fraction of sp³-hybridized carbons (Fsp3) is 0.0909. The first-order chi connectivity index (χ1) is 12.1. The van der Waals surface area contributed by atoms with Crippen molar-refractivity contribution in [2.75, 3.05) is 0 Å². The number of Topliss-reactive ketones (excluding diaryl/α,β-unsaturated/α-hetero) is 1. The number of aromatic nitrogens is 2. The van der Waals surface area contributed by atoms with Crippen LogP contribution in [0.1, 0.15) is 22.8 Å². The van der Waals surface area contributed by atoms with E-state index in [0.717, 1.165) is 39.0 Å². The molecule has 0 aliphatic carbocycles. The molecule has 0 amide bonds. The van der Waals surface area contributed by atoms with Crippen LogP contribution in [0, 0.1) is 6.92 Å². The summed E-state index contributed by atoms with van der Waals surface area (Å²) in [6.45, 7) is 3.62. The van der Waals surface area contributed by atoms with Gasteiger partial charge in [0.2, 0.25) is 0 Å². The van der Waals surface area contributed by atoms with E-state index in [1.807, 2.05) is 31.2 Å². The van der Waals surface area contributed by atoms with E-state index in [1.54, 1.807) is 19.3 Å². The normalized spacial score (nSPS) is 11.0. The number of pyridine rings is 1. The average molecular weight is 326 g/mol. The van der Waals surface area contributed by atoms with E-state index < -0.39 is 0 Å². The summed E-state index contributed by atoms with van der Waals surface area (Å²) >= 11 is 0. The van der Waals surface area contributed by atoms with Gasteiger partial charge >= 0.3 is 0 Å². The van der Waals surface area contributed by atoms with E-state index >= 15 is 0 Å². The molecule has 0 bridgehead atoms. The topological polar surface area (TPSA) is 45.8 Å². The molecule has 0 unspecified atom stereocenters. The summed E-state index contributed by atoms with van der Waals surface area (Å²) in [7, 11) is 0. The second-order valence-corrected chi connectivity index (χ2v) is 6.23. The van der Waals surface area contributed by atoms with Crippen LogP contribution in [0.3, 0.4) is 0 Å². The van der Waals surface area contributed by atoms with Crippen molar-refractivity contribution >= 4 is 16.6 Å². The summed E-state index contributed by atoms with van der Waals surface area (Å²) in [5.41, 5.74) is 5.62. The van der Waals surface area contributed by atoms with Crippen molar-refractivity contribution in [1.29, 1.82) is 0 Å². The lowest BCUT2D eigenvalue weighted by Crippen LogP contribution is -1.95. The Morgan fingerprint density at radius 3 is 2.32 bits per heavy atom. The zero-order chi connectivity index (χ0) is 17.4. The highest BCUT2D eigenvalue weighted by Crippen LogP contribution is 2.34. The van der Waals surface area contributed by atoms with E-state index in [0.29, 0.717) is 0 Å². The number of carbonyl (C=O) groups is 1. The predicted molar refractivity (Wildman–Crippen MR) is 102 cm³/mol. The molecule has 0 atom stereocenters. The Bertz CT molecular complexity index is 1080. The summed E-state index contributed by atoms with van der Waals surface area (Å²) in [6, 6.07) is 18.4. The number of nitrogens with zero attached hydrogens (tertiary/aromatic N) is 1. The van der Waals surface area contributed by atoms with Gasteiger partial charge in [-0.1, -0.05) is 36.4 Å². The van der Waals surface area contributed by atoms with Crippen LogP contribution in [-0.2, 0) is 0 Å². The van der Waals surface area contributed by atoms with Crippen molar-refractivity contribution in [3.63, 3.8) is 0 Å². The first-order valence-electron chi connectivity index (χ1n) is 8.28. The molecular formula is C22H18N2O. The summed E-state index contributed by atoms with van der Waals surface area (Å²) in [5.74, 6) is 0.0669. The number of H-pyrrole nitrogens is 1. The van der Waals surface area contributed by atoms with E-state index in [9.17, 15) is 4.79 Å². The summed E-state index contributed by atoms with van der Waals surface area (Å²) in [4.78, 5) is 19.9. The van der Waals surface area contributed by atoms with Crippen molar-refractivity contribution in [3.8, 4) is 22.5 Å². The van der Waals surface area contributed by atoms with Gasteiger partial charge in [-0.25, -0.2) is 0 Å². The Morgan fingerprint density at radius 2 is 1.60 bits per heavy atom. The minimum absolute atomic E-state index is 0.0669. The SMILES string of the molecule is CC(=O)c1c(-c2ccc3ccccc3c2)[nH]c(-c2ccncc2)c1C. The highest BCUT2D eigenvalue weighted by Gasteiger charge is 2.19. The van der Waals surface area contributed by atoms with Gasteiger partial charge in [0.05, 0.1) is 5.69 Å². The minimum atomic E-state index is 0.0669. The zero-order valence-corrected chi connectivity index (χ0v) is 14.2. The predicted octanol–water partition coefficient (Wildman–Crippen LogP) is 5.41. The Hall–Kier alpha value is -3.20. The highest BCUT2D eigenvalue weighted by molar-refractivity contribution is 6.04. The van der Waals surface area contributed by atoms with Crippen molar-refractivity contribution in [1.82, 2.24) is 9.97 Å². The van der Waals surface area contributed by atoms with Gasteiger partial charge in [-0.15, -0.1) is 0 Å². The first-order valence-corrected chi connectivity index (χ1v) is 8.28. The molecule has 122 valence electrons. The molecule has 25 heavy (non-hydrogen) atoms. The Kier molecular flexibility index (Phi) is 3.69. The number of hydrogen-bond donors (Lipinski definition) is 1. The Morgan fingerprint density at radius 1 is 0.880 bits per heavy atom. The molecule has 2 aromatic carbocycles. The maximum Gasteiger partial charge on any atom is 0.162 e. The molecule has 0 spiro atoms.